The summed E-state index contributed by atoms with van der Waals surface area (Å²) in [6.45, 7) is 0. The molecule has 32 heavy (non-hydrogen) atoms. The van der Waals surface area contributed by atoms with E-state index >= 15 is 0 Å². The molecule has 0 fully saturated rings. The first-order chi connectivity index (χ1) is 15.2. The van der Waals surface area contributed by atoms with Crippen molar-refractivity contribution >= 4 is 46.6 Å². The lowest BCUT2D eigenvalue weighted by atomic mass is 10.0. The molecule has 0 aliphatic rings. The van der Waals surface area contributed by atoms with Gasteiger partial charge < -0.3 is 10.2 Å². The van der Waals surface area contributed by atoms with E-state index in [-0.39, 0.29) is 22.6 Å². The minimum Gasteiger partial charge on any atom is -0.345 e. The lowest BCUT2D eigenvalue weighted by Gasteiger charge is -2.20. The third kappa shape index (κ3) is 5.20. The Labute approximate surface area is 200 Å². The molecule has 0 bridgehead atoms. The fourth-order valence-corrected chi connectivity index (χ4v) is 3.41. The van der Waals surface area contributed by atoms with Gasteiger partial charge in [0, 0.05) is 25.9 Å². The molecule has 1 N–H and O–H groups in total. The van der Waals surface area contributed by atoms with E-state index in [1.807, 2.05) is 6.07 Å². The molecular weight excluding hydrogens is 471 g/mol. The summed E-state index contributed by atoms with van der Waals surface area (Å²) in [7, 11) is 3.14. The standard InChI is InChI=1S/C23H17Cl3N4O2/c1-30(2)23(32)17-9-14(3-4-15(17)11-27)22(31)29-21(20-8-6-16(24)12-28-20)13-5-7-18(25)19(26)10-13/h3-10,12,21H,1-2H3,(H,29,31). The fourth-order valence-electron chi connectivity index (χ4n) is 2.99. The van der Waals surface area contributed by atoms with Crippen LogP contribution in [0.2, 0.25) is 15.1 Å². The number of benzene rings is 2. The number of halogens is 3. The third-order valence-electron chi connectivity index (χ3n) is 4.64. The number of nitrogens with one attached hydrogen (secondary N) is 1. The molecule has 1 aromatic heterocycles. The Bertz CT molecular complexity index is 1220. The van der Waals surface area contributed by atoms with Gasteiger partial charge in [0.1, 0.15) is 0 Å². The van der Waals surface area contributed by atoms with Crippen molar-refractivity contribution in [3.8, 4) is 6.07 Å². The third-order valence-corrected chi connectivity index (χ3v) is 5.60. The second-order valence-corrected chi connectivity index (χ2v) is 8.30. The summed E-state index contributed by atoms with van der Waals surface area (Å²) in [5, 5.41) is 13.4. The van der Waals surface area contributed by atoms with Gasteiger partial charge in [-0.25, -0.2) is 0 Å². The second kappa shape index (κ2) is 10.0. The molecule has 1 atom stereocenters. The minimum atomic E-state index is -0.668. The van der Waals surface area contributed by atoms with Gasteiger partial charge in [-0.1, -0.05) is 40.9 Å². The Hall–Kier alpha value is -3.11. The maximum Gasteiger partial charge on any atom is 0.254 e. The van der Waals surface area contributed by atoms with Crippen LogP contribution in [0, 0.1) is 11.3 Å². The Balaban J connectivity index is 2.01. The molecule has 2 aromatic carbocycles. The Kier molecular flexibility index (Phi) is 7.37. The molecule has 0 spiro atoms. The van der Waals surface area contributed by atoms with Crippen LogP contribution < -0.4 is 5.32 Å². The van der Waals surface area contributed by atoms with E-state index in [0.717, 1.165) is 0 Å². The molecule has 0 saturated heterocycles. The molecule has 9 heteroatoms. The first-order valence-electron chi connectivity index (χ1n) is 9.34. The van der Waals surface area contributed by atoms with Crippen LogP contribution in [0.25, 0.3) is 0 Å². The van der Waals surface area contributed by atoms with E-state index in [0.29, 0.717) is 26.3 Å². The summed E-state index contributed by atoms with van der Waals surface area (Å²) in [5.41, 5.74) is 1.72. The highest BCUT2D eigenvalue weighted by atomic mass is 35.5. The minimum absolute atomic E-state index is 0.140. The molecule has 0 aliphatic heterocycles. The van der Waals surface area contributed by atoms with Gasteiger partial charge in [-0.2, -0.15) is 5.26 Å². The van der Waals surface area contributed by atoms with Crippen molar-refractivity contribution in [3.05, 3.63) is 97.7 Å². The fraction of sp³-hybridized carbons (Fsp3) is 0.130. The highest BCUT2D eigenvalue weighted by Gasteiger charge is 2.22. The monoisotopic (exact) mass is 486 g/mol. The average Bonchev–Trinajstić information content (AvgIpc) is 2.79. The van der Waals surface area contributed by atoms with Crippen molar-refractivity contribution in [2.75, 3.05) is 14.1 Å². The summed E-state index contributed by atoms with van der Waals surface area (Å²) in [6.07, 6.45) is 1.48. The quantitative estimate of drug-likeness (QED) is 0.540. The van der Waals surface area contributed by atoms with E-state index in [1.54, 1.807) is 44.4 Å². The largest absolute Gasteiger partial charge is 0.345 e. The topological polar surface area (TPSA) is 86.1 Å². The second-order valence-electron chi connectivity index (χ2n) is 7.05. The van der Waals surface area contributed by atoms with Gasteiger partial charge in [0.25, 0.3) is 11.8 Å². The lowest BCUT2D eigenvalue weighted by molar-refractivity contribution is 0.0827. The number of amides is 2. The highest BCUT2D eigenvalue weighted by molar-refractivity contribution is 6.42. The van der Waals surface area contributed by atoms with Crippen molar-refractivity contribution in [2.45, 2.75) is 6.04 Å². The summed E-state index contributed by atoms with van der Waals surface area (Å²) in [6, 6.07) is 14.0. The van der Waals surface area contributed by atoms with Crippen molar-refractivity contribution in [1.29, 1.82) is 5.26 Å². The Morgan fingerprint density at radius 2 is 1.78 bits per heavy atom. The number of hydrogen-bond donors (Lipinski definition) is 1. The first-order valence-corrected chi connectivity index (χ1v) is 10.5. The molecular formula is C23H17Cl3N4O2. The van der Waals surface area contributed by atoms with E-state index in [4.69, 9.17) is 34.8 Å². The van der Waals surface area contributed by atoms with Gasteiger partial charge in [-0.05, 0) is 48.0 Å². The molecule has 0 radical (unpaired) electrons. The number of rotatable bonds is 5. The van der Waals surface area contributed by atoms with Crippen LogP contribution in [0.3, 0.4) is 0 Å². The van der Waals surface area contributed by atoms with Gasteiger partial charge in [0.15, 0.2) is 0 Å². The normalized spacial score (nSPS) is 11.4. The highest BCUT2D eigenvalue weighted by Crippen LogP contribution is 2.29. The summed E-state index contributed by atoms with van der Waals surface area (Å²) in [5.74, 6) is -0.841. The van der Waals surface area contributed by atoms with Crippen LogP contribution in [-0.4, -0.2) is 35.8 Å². The van der Waals surface area contributed by atoms with Crippen LogP contribution in [0.4, 0.5) is 0 Å². The van der Waals surface area contributed by atoms with Crippen molar-refractivity contribution < 1.29 is 9.59 Å². The maximum atomic E-state index is 13.1. The number of nitriles is 1. The van der Waals surface area contributed by atoms with Crippen LogP contribution >= 0.6 is 34.8 Å². The van der Waals surface area contributed by atoms with Crippen LogP contribution in [-0.2, 0) is 0 Å². The average molecular weight is 488 g/mol. The van der Waals surface area contributed by atoms with Crippen LogP contribution in [0.5, 0.6) is 0 Å². The maximum absolute atomic E-state index is 13.1. The number of aromatic nitrogens is 1. The molecule has 1 heterocycles. The van der Waals surface area contributed by atoms with Gasteiger partial charge in [-0.15, -0.1) is 0 Å². The molecule has 162 valence electrons. The first kappa shape index (κ1) is 23.6. The SMILES string of the molecule is CN(C)C(=O)c1cc(C(=O)NC(c2ccc(Cl)c(Cl)c2)c2ccc(Cl)cn2)ccc1C#N. The molecule has 3 aromatic rings. The molecule has 0 saturated carbocycles. The molecule has 2 amide bonds. The molecule has 0 aliphatic carbocycles. The number of carbonyl (C=O) groups excluding carboxylic acids is 2. The Morgan fingerprint density at radius 1 is 1.03 bits per heavy atom. The van der Waals surface area contributed by atoms with Gasteiger partial charge in [-0.3, -0.25) is 14.6 Å². The number of pyridine rings is 1. The van der Waals surface area contributed by atoms with E-state index < -0.39 is 11.9 Å². The number of carbonyl (C=O) groups is 2. The summed E-state index contributed by atoms with van der Waals surface area (Å²) < 4.78 is 0. The molecule has 6 nitrogen and oxygen atoms in total. The van der Waals surface area contributed by atoms with Crippen LogP contribution in [0.1, 0.15) is 43.6 Å². The zero-order valence-corrected chi connectivity index (χ0v) is 19.3. The number of nitrogens with zero attached hydrogens (tertiary/aromatic N) is 3. The van der Waals surface area contributed by atoms with E-state index in [2.05, 4.69) is 10.3 Å². The number of hydrogen-bond acceptors (Lipinski definition) is 4. The zero-order valence-electron chi connectivity index (χ0n) is 17.1. The summed E-state index contributed by atoms with van der Waals surface area (Å²) in [4.78, 5) is 31.3. The van der Waals surface area contributed by atoms with Crippen molar-refractivity contribution in [2.24, 2.45) is 0 Å². The predicted molar refractivity (Wildman–Crippen MR) is 124 cm³/mol. The Morgan fingerprint density at radius 3 is 2.38 bits per heavy atom. The molecule has 1 unspecified atom stereocenters. The van der Waals surface area contributed by atoms with Gasteiger partial charge in [0.05, 0.1) is 44.0 Å². The molecule has 3 rings (SSSR count). The van der Waals surface area contributed by atoms with E-state index in [9.17, 15) is 14.9 Å². The zero-order chi connectivity index (χ0) is 23.4. The lowest BCUT2D eigenvalue weighted by Crippen LogP contribution is -2.30. The smallest absolute Gasteiger partial charge is 0.254 e. The predicted octanol–water partition coefficient (Wildman–Crippen LogP) is 5.13. The van der Waals surface area contributed by atoms with Crippen molar-refractivity contribution in [3.63, 3.8) is 0 Å². The van der Waals surface area contributed by atoms with Gasteiger partial charge >= 0.3 is 0 Å². The van der Waals surface area contributed by atoms with Crippen molar-refractivity contribution in [1.82, 2.24) is 15.2 Å². The summed E-state index contributed by atoms with van der Waals surface area (Å²) >= 11 is 18.2. The van der Waals surface area contributed by atoms with E-state index in [1.165, 1.54) is 29.3 Å². The van der Waals surface area contributed by atoms with Crippen LogP contribution in [0.15, 0.2) is 54.7 Å². The van der Waals surface area contributed by atoms with Gasteiger partial charge in [0.2, 0.25) is 0 Å².